The number of benzene rings is 1. The molecule has 0 aromatic heterocycles. The maximum absolute atomic E-state index is 8.72. The molecule has 0 atom stereocenters. The van der Waals surface area contributed by atoms with Crippen LogP contribution in [0.2, 0.25) is 0 Å². The summed E-state index contributed by atoms with van der Waals surface area (Å²) >= 11 is 0. The lowest BCUT2D eigenvalue weighted by molar-refractivity contribution is 0.286. The van der Waals surface area contributed by atoms with Crippen LogP contribution in [-0.4, -0.2) is 24.0 Å². The minimum absolute atomic E-state index is 0.410. The standard InChI is InChI=1S/C21H37BO4/c1-2-3-4-5-6-7-8-9-10-11-12-13-14-19-25-20-15-17-21(18-16-20)26-22(23)24/h15-18,23-24H,2-14,19H2,1H3. The maximum Gasteiger partial charge on any atom is 0.707 e. The molecule has 1 rings (SSSR count). The van der Waals surface area contributed by atoms with Gasteiger partial charge < -0.3 is 19.4 Å². The third-order valence-corrected chi connectivity index (χ3v) is 4.58. The van der Waals surface area contributed by atoms with Crippen LogP contribution in [0.5, 0.6) is 11.5 Å². The molecule has 0 saturated carbocycles. The summed E-state index contributed by atoms with van der Waals surface area (Å²) in [5.74, 6) is 1.19. The van der Waals surface area contributed by atoms with Gasteiger partial charge in [0, 0.05) is 0 Å². The van der Waals surface area contributed by atoms with Crippen LogP contribution < -0.4 is 9.39 Å². The predicted molar refractivity (Wildman–Crippen MR) is 108 cm³/mol. The zero-order valence-corrected chi connectivity index (χ0v) is 16.5. The van der Waals surface area contributed by atoms with Gasteiger partial charge in [-0.1, -0.05) is 84.0 Å². The summed E-state index contributed by atoms with van der Waals surface area (Å²) in [5.41, 5.74) is 0. The fourth-order valence-corrected chi connectivity index (χ4v) is 3.05. The second-order valence-corrected chi connectivity index (χ2v) is 7.01. The maximum atomic E-state index is 8.72. The Morgan fingerprint density at radius 3 is 1.54 bits per heavy atom. The quantitative estimate of drug-likeness (QED) is 0.283. The van der Waals surface area contributed by atoms with Crippen LogP contribution in [0.25, 0.3) is 0 Å². The Labute approximate surface area is 160 Å². The van der Waals surface area contributed by atoms with Crippen LogP contribution in [0.15, 0.2) is 24.3 Å². The van der Waals surface area contributed by atoms with Gasteiger partial charge in [-0.05, 0) is 30.7 Å². The highest BCUT2D eigenvalue weighted by Crippen LogP contribution is 2.18. The number of rotatable bonds is 17. The summed E-state index contributed by atoms with van der Waals surface area (Å²) in [5, 5.41) is 17.4. The Morgan fingerprint density at radius 1 is 0.654 bits per heavy atom. The number of unbranched alkanes of at least 4 members (excludes halogenated alkanes) is 12. The molecule has 0 radical (unpaired) electrons. The predicted octanol–water partition coefficient (Wildman–Crippen LogP) is 5.50. The van der Waals surface area contributed by atoms with Crippen molar-refractivity contribution in [2.75, 3.05) is 6.61 Å². The summed E-state index contributed by atoms with van der Waals surface area (Å²) in [7, 11) is -1.78. The normalized spacial score (nSPS) is 10.7. The molecule has 2 N–H and O–H groups in total. The molecule has 0 fully saturated rings. The second kappa shape index (κ2) is 16.0. The number of hydrogen-bond acceptors (Lipinski definition) is 4. The highest BCUT2D eigenvalue weighted by molar-refractivity contribution is 6.33. The zero-order valence-electron chi connectivity index (χ0n) is 16.5. The minimum atomic E-state index is -1.78. The van der Waals surface area contributed by atoms with Crippen molar-refractivity contribution in [3.05, 3.63) is 24.3 Å². The van der Waals surface area contributed by atoms with Crippen molar-refractivity contribution in [2.45, 2.75) is 90.4 Å². The molecule has 0 saturated heterocycles. The van der Waals surface area contributed by atoms with E-state index in [1.54, 1.807) is 24.3 Å². The molecule has 4 nitrogen and oxygen atoms in total. The van der Waals surface area contributed by atoms with Crippen molar-refractivity contribution in [1.29, 1.82) is 0 Å². The van der Waals surface area contributed by atoms with E-state index in [2.05, 4.69) is 6.92 Å². The van der Waals surface area contributed by atoms with Crippen LogP contribution >= 0.6 is 0 Å². The lowest BCUT2D eigenvalue weighted by Crippen LogP contribution is -2.20. The first kappa shape index (κ1) is 22.8. The van der Waals surface area contributed by atoms with Gasteiger partial charge >= 0.3 is 7.32 Å². The molecule has 148 valence electrons. The van der Waals surface area contributed by atoms with Crippen LogP contribution in [-0.2, 0) is 0 Å². The summed E-state index contributed by atoms with van der Waals surface area (Å²) < 4.78 is 10.4. The number of hydrogen-bond donors (Lipinski definition) is 2. The first-order valence-corrected chi connectivity index (χ1v) is 10.5. The van der Waals surface area contributed by atoms with E-state index in [1.165, 1.54) is 77.0 Å². The molecule has 0 aliphatic carbocycles. The smallest absolute Gasteiger partial charge is 0.512 e. The van der Waals surface area contributed by atoms with Crippen molar-refractivity contribution < 1.29 is 19.4 Å². The van der Waals surface area contributed by atoms with E-state index in [1.807, 2.05) is 0 Å². The van der Waals surface area contributed by atoms with Gasteiger partial charge in [-0.2, -0.15) is 0 Å². The van der Waals surface area contributed by atoms with Gasteiger partial charge in [0.15, 0.2) is 0 Å². The fraction of sp³-hybridized carbons (Fsp3) is 0.714. The van der Waals surface area contributed by atoms with E-state index in [9.17, 15) is 0 Å². The molecule has 0 spiro atoms. The van der Waals surface area contributed by atoms with Gasteiger partial charge in [0.1, 0.15) is 11.5 Å². The highest BCUT2D eigenvalue weighted by Gasteiger charge is 2.10. The Kier molecular flexibility index (Phi) is 14.1. The Hall–Kier alpha value is -1.20. The molecule has 0 heterocycles. The summed E-state index contributed by atoms with van der Waals surface area (Å²) in [6.45, 7) is 2.99. The molecule has 0 aliphatic heterocycles. The lowest BCUT2D eigenvalue weighted by Gasteiger charge is -2.08. The van der Waals surface area contributed by atoms with E-state index in [-0.39, 0.29) is 0 Å². The monoisotopic (exact) mass is 364 g/mol. The first-order valence-electron chi connectivity index (χ1n) is 10.5. The number of ether oxygens (including phenoxy) is 1. The molecule has 26 heavy (non-hydrogen) atoms. The molecule has 0 bridgehead atoms. The first-order chi connectivity index (χ1) is 12.7. The summed E-state index contributed by atoms with van der Waals surface area (Å²) in [6.07, 6.45) is 17.5. The van der Waals surface area contributed by atoms with E-state index in [0.717, 1.165) is 18.8 Å². The van der Waals surface area contributed by atoms with Gasteiger partial charge in [-0.15, -0.1) is 0 Å². The third kappa shape index (κ3) is 13.1. The largest absolute Gasteiger partial charge is 0.707 e. The van der Waals surface area contributed by atoms with Crippen molar-refractivity contribution >= 4 is 7.32 Å². The molecular weight excluding hydrogens is 327 g/mol. The van der Waals surface area contributed by atoms with Gasteiger partial charge in [0.05, 0.1) is 6.61 Å². The van der Waals surface area contributed by atoms with E-state index < -0.39 is 7.32 Å². The Morgan fingerprint density at radius 2 is 1.08 bits per heavy atom. The van der Waals surface area contributed by atoms with Crippen LogP contribution in [0.3, 0.4) is 0 Å². The molecule has 5 heteroatoms. The van der Waals surface area contributed by atoms with Crippen molar-refractivity contribution in [2.24, 2.45) is 0 Å². The molecule has 0 amide bonds. The molecule has 0 aliphatic rings. The van der Waals surface area contributed by atoms with E-state index in [0.29, 0.717) is 5.75 Å². The van der Waals surface area contributed by atoms with Gasteiger partial charge in [0.25, 0.3) is 0 Å². The van der Waals surface area contributed by atoms with Crippen LogP contribution in [0, 0.1) is 0 Å². The van der Waals surface area contributed by atoms with Gasteiger partial charge in [-0.25, -0.2) is 0 Å². The zero-order chi connectivity index (χ0) is 18.9. The topological polar surface area (TPSA) is 58.9 Å². The van der Waals surface area contributed by atoms with Gasteiger partial charge in [0.2, 0.25) is 0 Å². The lowest BCUT2D eigenvalue weighted by atomic mass is 10.0. The van der Waals surface area contributed by atoms with Crippen molar-refractivity contribution in [3.8, 4) is 11.5 Å². The minimum Gasteiger partial charge on any atom is -0.512 e. The average molecular weight is 364 g/mol. The molecular formula is C21H37BO4. The van der Waals surface area contributed by atoms with Crippen molar-refractivity contribution in [3.63, 3.8) is 0 Å². The van der Waals surface area contributed by atoms with Crippen LogP contribution in [0.4, 0.5) is 0 Å². The molecule has 1 aromatic rings. The average Bonchev–Trinajstić information content (AvgIpc) is 2.63. The molecule has 1 aromatic carbocycles. The molecule has 0 unspecified atom stereocenters. The summed E-state index contributed by atoms with van der Waals surface area (Å²) in [4.78, 5) is 0. The fourth-order valence-electron chi connectivity index (χ4n) is 3.05. The van der Waals surface area contributed by atoms with Gasteiger partial charge in [-0.3, -0.25) is 0 Å². The Bertz CT molecular complexity index is 423. The summed E-state index contributed by atoms with van der Waals surface area (Å²) in [6, 6.07) is 6.89. The third-order valence-electron chi connectivity index (χ3n) is 4.58. The SMILES string of the molecule is CCCCCCCCCCCCCCCOc1ccc(OB(O)O)cc1. The second-order valence-electron chi connectivity index (χ2n) is 7.01. The van der Waals surface area contributed by atoms with Crippen LogP contribution in [0.1, 0.15) is 90.4 Å². The van der Waals surface area contributed by atoms with E-state index >= 15 is 0 Å². The highest BCUT2D eigenvalue weighted by atomic mass is 16.6. The van der Waals surface area contributed by atoms with Crippen molar-refractivity contribution in [1.82, 2.24) is 0 Å². The van der Waals surface area contributed by atoms with E-state index in [4.69, 9.17) is 19.4 Å². The Balaban J connectivity index is 1.86.